The SMILES string of the molecule is C[C@H](NCc1ccc(S(N)(=O)=O)o1)c1ccncc1. The van der Waals surface area contributed by atoms with Crippen LogP contribution in [0, 0.1) is 0 Å². The lowest BCUT2D eigenvalue weighted by Crippen LogP contribution is -2.17. The van der Waals surface area contributed by atoms with Crippen molar-refractivity contribution in [2.24, 2.45) is 5.14 Å². The Balaban J connectivity index is 1.98. The van der Waals surface area contributed by atoms with Crippen LogP contribution in [0.1, 0.15) is 24.3 Å². The molecule has 2 heterocycles. The lowest BCUT2D eigenvalue weighted by Gasteiger charge is -2.12. The molecule has 2 rings (SSSR count). The van der Waals surface area contributed by atoms with Crippen LogP contribution >= 0.6 is 0 Å². The lowest BCUT2D eigenvalue weighted by atomic mass is 10.1. The van der Waals surface area contributed by atoms with Crippen LogP contribution in [0.15, 0.2) is 46.2 Å². The Morgan fingerprint density at radius 3 is 2.58 bits per heavy atom. The Hall–Kier alpha value is -1.70. The molecule has 0 saturated carbocycles. The summed E-state index contributed by atoms with van der Waals surface area (Å²) in [6, 6.07) is 6.87. The molecule has 19 heavy (non-hydrogen) atoms. The van der Waals surface area contributed by atoms with Gasteiger partial charge in [-0.05, 0) is 36.8 Å². The highest BCUT2D eigenvalue weighted by molar-refractivity contribution is 7.89. The van der Waals surface area contributed by atoms with Gasteiger partial charge < -0.3 is 9.73 Å². The standard InChI is InChI=1S/C12H15N3O3S/c1-9(10-4-6-14-7-5-10)15-8-11-2-3-12(18-11)19(13,16)17/h2-7,9,15H,8H2,1H3,(H2,13,16,17)/t9-/m0/s1. The van der Waals surface area contributed by atoms with E-state index in [9.17, 15) is 8.42 Å². The maximum Gasteiger partial charge on any atom is 0.271 e. The third-order valence-electron chi connectivity index (χ3n) is 2.71. The molecule has 102 valence electrons. The summed E-state index contributed by atoms with van der Waals surface area (Å²) in [5.74, 6) is 0.518. The highest BCUT2D eigenvalue weighted by Crippen LogP contribution is 2.15. The van der Waals surface area contributed by atoms with E-state index in [0.29, 0.717) is 12.3 Å². The van der Waals surface area contributed by atoms with Crippen LogP contribution in [0.3, 0.4) is 0 Å². The molecular weight excluding hydrogens is 266 g/mol. The van der Waals surface area contributed by atoms with E-state index in [1.807, 2.05) is 19.1 Å². The zero-order chi connectivity index (χ0) is 13.9. The van der Waals surface area contributed by atoms with Crippen molar-refractivity contribution in [3.05, 3.63) is 48.0 Å². The van der Waals surface area contributed by atoms with Gasteiger partial charge in [0.1, 0.15) is 5.76 Å². The number of nitrogens with one attached hydrogen (secondary N) is 1. The number of hydrogen-bond acceptors (Lipinski definition) is 5. The molecule has 6 nitrogen and oxygen atoms in total. The average molecular weight is 281 g/mol. The van der Waals surface area contributed by atoms with Gasteiger partial charge in [0.15, 0.2) is 0 Å². The van der Waals surface area contributed by atoms with E-state index in [0.717, 1.165) is 5.56 Å². The third-order valence-corrected chi connectivity index (χ3v) is 3.49. The van der Waals surface area contributed by atoms with E-state index in [-0.39, 0.29) is 11.1 Å². The molecule has 0 aliphatic heterocycles. The predicted octanol–water partition coefficient (Wildman–Crippen LogP) is 1.17. The summed E-state index contributed by atoms with van der Waals surface area (Å²) < 4.78 is 27.3. The molecule has 0 bridgehead atoms. The molecule has 0 fully saturated rings. The zero-order valence-electron chi connectivity index (χ0n) is 10.4. The maximum absolute atomic E-state index is 11.1. The number of primary sulfonamides is 1. The van der Waals surface area contributed by atoms with Gasteiger partial charge in [0, 0.05) is 18.4 Å². The maximum atomic E-state index is 11.1. The van der Waals surface area contributed by atoms with Crippen LogP contribution in [-0.2, 0) is 16.6 Å². The fourth-order valence-corrected chi connectivity index (χ4v) is 2.11. The first-order valence-corrected chi connectivity index (χ1v) is 7.26. The number of nitrogens with two attached hydrogens (primary N) is 1. The van der Waals surface area contributed by atoms with Crippen molar-refractivity contribution < 1.29 is 12.8 Å². The van der Waals surface area contributed by atoms with Crippen LogP contribution in [-0.4, -0.2) is 13.4 Å². The molecule has 1 atom stereocenters. The van der Waals surface area contributed by atoms with E-state index in [4.69, 9.17) is 9.56 Å². The second-order valence-corrected chi connectivity index (χ2v) is 5.64. The molecule has 0 spiro atoms. The van der Waals surface area contributed by atoms with Gasteiger partial charge >= 0.3 is 0 Å². The van der Waals surface area contributed by atoms with Gasteiger partial charge in [-0.3, -0.25) is 4.98 Å². The van der Waals surface area contributed by atoms with Gasteiger partial charge in [0.25, 0.3) is 10.0 Å². The first-order chi connectivity index (χ1) is 8.97. The van der Waals surface area contributed by atoms with Gasteiger partial charge in [0.2, 0.25) is 5.09 Å². The quantitative estimate of drug-likeness (QED) is 0.857. The fraction of sp³-hybridized carbons (Fsp3) is 0.250. The molecule has 0 aliphatic carbocycles. The first-order valence-electron chi connectivity index (χ1n) is 5.71. The van der Waals surface area contributed by atoms with Crippen LogP contribution in [0.4, 0.5) is 0 Å². The summed E-state index contributed by atoms with van der Waals surface area (Å²) in [7, 11) is -3.78. The molecule has 0 amide bonds. The Labute approximate surface area is 111 Å². The molecule has 3 N–H and O–H groups in total. The summed E-state index contributed by atoms with van der Waals surface area (Å²) in [4.78, 5) is 3.95. The van der Waals surface area contributed by atoms with Crippen molar-refractivity contribution in [2.75, 3.05) is 0 Å². The van der Waals surface area contributed by atoms with Gasteiger partial charge in [-0.25, -0.2) is 13.6 Å². The molecule has 0 radical (unpaired) electrons. The molecule has 0 unspecified atom stereocenters. The van der Waals surface area contributed by atoms with Gasteiger partial charge in [-0.1, -0.05) is 0 Å². The van der Waals surface area contributed by atoms with E-state index >= 15 is 0 Å². The zero-order valence-corrected chi connectivity index (χ0v) is 11.2. The van der Waals surface area contributed by atoms with Crippen molar-refractivity contribution in [1.82, 2.24) is 10.3 Å². The van der Waals surface area contributed by atoms with Crippen molar-refractivity contribution in [3.63, 3.8) is 0 Å². The van der Waals surface area contributed by atoms with Crippen LogP contribution in [0.25, 0.3) is 0 Å². The first kappa shape index (κ1) is 13.7. The summed E-state index contributed by atoms with van der Waals surface area (Å²) in [6.07, 6.45) is 3.44. The van der Waals surface area contributed by atoms with E-state index in [1.54, 1.807) is 18.5 Å². The minimum Gasteiger partial charge on any atom is -0.447 e. The molecular formula is C12H15N3O3S. The second kappa shape index (κ2) is 5.52. The van der Waals surface area contributed by atoms with Gasteiger partial charge in [-0.15, -0.1) is 0 Å². The summed E-state index contributed by atoms with van der Waals surface area (Å²) in [6.45, 7) is 2.41. The highest BCUT2D eigenvalue weighted by Gasteiger charge is 2.13. The van der Waals surface area contributed by atoms with Crippen molar-refractivity contribution in [3.8, 4) is 0 Å². The van der Waals surface area contributed by atoms with Crippen LogP contribution < -0.4 is 10.5 Å². The number of sulfonamides is 1. The largest absolute Gasteiger partial charge is 0.447 e. The number of furan rings is 1. The van der Waals surface area contributed by atoms with E-state index < -0.39 is 10.0 Å². The molecule has 0 saturated heterocycles. The van der Waals surface area contributed by atoms with Crippen molar-refractivity contribution >= 4 is 10.0 Å². The third kappa shape index (κ3) is 3.63. The Bertz CT molecular complexity index is 637. The molecule has 0 aromatic carbocycles. The van der Waals surface area contributed by atoms with Crippen LogP contribution in [0.5, 0.6) is 0 Å². The van der Waals surface area contributed by atoms with Crippen molar-refractivity contribution in [1.29, 1.82) is 0 Å². The topological polar surface area (TPSA) is 98.2 Å². The number of nitrogens with zero attached hydrogens (tertiary/aromatic N) is 1. The fourth-order valence-electron chi connectivity index (χ4n) is 1.63. The molecule has 0 aliphatic rings. The average Bonchev–Trinajstić information content (AvgIpc) is 2.86. The van der Waals surface area contributed by atoms with Crippen LogP contribution in [0.2, 0.25) is 0 Å². The molecule has 2 aromatic heterocycles. The molecule has 2 aromatic rings. The summed E-state index contributed by atoms with van der Waals surface area (Å²) in [5.41, 5.74) is 1.09. The molecule has 7 heteroatoms. The predicted molar refractivity (Wildman–Crippen MR) is 69.6 cm³/mol. The Kier molecular flexibility index (Phi) is 3.98. The number of pyridine rings is 1. The Morgan fingerprint density at radius 1 is 1.32 bits per heavy atom. The minimum atomic E-state index is -3.78. The minimum absolute atomic E-state index is 0.103. The monoisotopic (exact) mass is 281 g/mol. The smallest absolute Gasteiger partial charge is 0.271 e. The highest BCUT2D eigenvalue weighted by atomic mass is 32.2. The van der Waals surface area contributed by atoms with E-state index in [1.165, 1.54) is 6.07 Å². The second-order valence-electron chi connectivity index (χ2n) is 4.15. The lowest BCUT2D eigenvalue weighted by molar-refractivity contribution is 0.393. The van der Waals surface area contributed by atoms with Gasteiger partial charge in [-0.2, -0.15) is 0 Å². The number of hydrogen-bond donors (Lipinski definition) is 2. The van der Waals surface area contributed by atoms with Crippen molar-refractivity contribution in [2.45, 2.75) is 24.6 Å². The Morgan fingerprint density at radius 2 is 2.00 bits per heavy atom. The summed E-state index contributed by atoms with van der Waals surface area (Å²) in [5, 5.41) is 7.97. The number of rotatable bonds is 5. The normalized spacial score (nSPS) is 13.4. The summed E-state index contributed by atoms with van der Waals surface area (Å²) >= 11 is 0. The number of aromatic nitrogens is 1. The van der Waals surface area contributed by atoms with E-state index in [2.05, 4.69) is 10.3 Å². The van der Waals surface area contributed by atoms with Gasteiger partial charge in [0.05, 0.1) is 6.54 Å².